The van der Waals surface area contributed by atoms with Crippen LogP contribution in [0.3, 0.4) is 0 Å². The van der Waals surface area contributed by atoms with Crippen LogP contribution in [0.15, 0.2) is 27.8 Å². The highest BCUT2D eigenvalue weighted by Gasteiger charge is 2.26. The Balaban J connectivity index is 0.00000289. The molecule has 4 rings (SSSR count). The molecular formula is C24H42IN5O2. The molecule has 0 aromatic carbocycles. The molecule has 1 saturated carbocycles. The Kier molecular flexibility index (Phi) is 11.6. The third-order valence-corrected chi connectivity index (χ3v) is 6.85. The van der Waals surface area contributed by atoms with Crippen molar-refractivity contribution in [3.8, 4) is 0 Å². The van der Waals surface area contributed by atoms with Crippen LogP contribution in [0.1, 0.15) is 44.3 Å². The maximum absolute atomic E-state index is 5.47. The van der Waals surface area contributed by atoms with Crippen molar-refractivity contribution in [2.45, 2.75) is 51.0 Å². The Hall–Kier alpha value is -0.840. The highest BCUT2D eigenvalue weighted by molar-refractivity contribution is 14.0. The van der Waals surface area contributed by atoms with Crippen molar-refractivity contribution in [3.63, 3.8) is 0 Å². The normalized spacial score (nSPS) is 23.4. The minimum atomic E-state index is 0. The first kappa shape index (κ1) is 25.8. The van der Waals surface area contributed by atoms with Crippen molar-refractivity contribution in [2.75, 3.05) is 65.6 Å². The molecule has 0 amide bonds. The van der Waals surface area contributed by atoms with Gasteiger partial charge < -0.3 is 24.7 Å². The maximum Gasteiger partial charge on any atom is 0.191 e. The third-order valence-electron chi connectivity index (χ3n) is 6.85. The first-order valence-electron chi connectivity index (χ1n) is 12.4. The number of aliphatic imine (C=N–C) groups is 1. The van der Waals surface area contributed by atoms with E-state index in [-0.39, 0.29) is 24.0 Å². The molecule has 3 aliphatic rings. The lowest BCUT2D eigenvalue weighted by atomic mass is 10.1. The second-order valence-corrected chi connectivity index (χ2v) is 9.33. The van der Waals surface area contributed by atoms with Crippen LogP contribution in [0.4, 0.5) is 0 Å². The van der Waals surface area contributed by atoms with Crippen LogP contribution < -0.4 is 10.6 Å². The molecule has 182 valence electrons. The molecule has 0 bridgehead atoms. The largest absolute Gasteiger partial charge is 0.469 e. The number of furan rings is 1. The van der Waals surface area contributed by atoms with Crippen molar-refractivity contribution in [1.29, 1.82) is 0 Å². The summed E-state index contributed by atoms with van der Waals surface area (Å²) in [5.41, 5.74) is 0. The summed E-state index contributed by atoms with van der Waals surface area (Å²) >= 11 is 0. The predicted octanol–water partition coefficient (Wildman–Crippen LogP) is 2.96. The molecule has 1 aromatic rings. The number of likely N-dealkylation sites (tertiary alicyclic amines) is 1. The Labute approximate surface area is 210 Å². The van der Waals surface area contributed by atoms with Crippen molar-refractivity contribution < 1.29 is 9.15 Å². The number of guanidine groups is 1. The number of nitrogens with zero attached hydrogens (tertiary/aromatic N) is 3. The predicted molar refractivity (Wildman–Crippen MR) is 140 cm³/mol. The molecule has 3 fully saturated rings. The second-order valence-electron chi connectivity index (χ2n) is 9.33. The highest BCUT2D eigenvalue weighted by Crippen LogP contribution is 2.26. The van der Waals surface area contributed by atoms with Crippen LogP contribution in [0.5, 0.6) is 0 Å². The van der Waals surface area contributed by atoms with Gasteiger partial charge in [-0.3, -0.25) is 9.89 Å². The van der Waals surface area contributed by atoms with Gasteiger partial charge in [-0.2, -0.15) is 0 Å². The van der Waals surface area contributed by atoms with E-state index in [1.165, 1.54) is 45.2 Å². The number of morpholine rings is 1. The van der Waals surface area contributed by atoms with Gasteiger partial charge in [0.25, 0.3) is 0 Å². The monoisotopic (exact) mass is 559 g/mol. The van der Waals surface area contributed by atoms with Crippen LogP contribution in [-0.4, -0.2) is 87.4 Å². The fourth-order valence-corrected chi connectivity index (χ4v) is 5.09. The molecule has 2 N–H and O–H groups in total. The number of nitrogens with one attached hydrogen (secondary N) is 2. The van der Waals surface area contributed by atoms with E-state index < -0.39 is 0 Å². The standard InChI is InChI=1S/C24H41N5O2.HI/c1-2-6-21(5-1)19-29-13-9-22(20-29)27-24(26-11-8-23-7-3-16-31-23)25-10-4-12-28-14-17-30-18-15-28;/h3,7,16,21-22H,1-2,4-6,8-15,17-20H2,(H2,25,26,27);1H. The van der Waals surface area contributed by atoms with Crippen molar-refractivity contribution in [1.82, 2.24) is 20.4 Å². The fraction of sp³-hybridized carbons (Fsp3) is 0.792. The smallest absolute Gasteiger partial charge is 0.191 e. The lowest BCUT2D eigenvalue weighted by Gasteiger charge is -2.26. The third kappa shape index (κ3) is 8.83. The number of halogens is 1. The molecule has 0 radical (unpaired) electrons. The van der Waals surface area contributed by atoms with Crippen LogP contribution >= 0.6 is 24.0 Å². The summed E-state index contributed by atoms with van der Waals surface area (Å²) in [5.74, 6) is 2.91. The fourth-order valence-electron chi connectivity index (χ4n) is 5.09. The maximum atomic E-state index is 5.47. The molecule has 2 saturated heterocycles. The first-order chi connectivity index (χ1) is 15.3. The van der Waals surface area contributed by atoms with Gasteiger partial charge in [0.1, 0.15) is 5.76 Å². The summed E-state index contributed by atoms with van der Waals surface area (Å²) in [7, 11) is 0. The Morgan fingerprint density at radius 3 is 2.72 bits per heavy atom. The zero-order valence-electron chi connectivity index (χ0n) is 19.5. The van der Waals surface area contributed by atoms with Gasteiger partial charge in [0.2, 0.25) is 0 Å². The van der Waals surface area contributed by atoms with Crippen molar-refractivity contribution in [2.24, 2.45) is 10.9 Å². The summed E-state index contributed by atoms with van der Waals surface area (Å²) in [6, 6.07) is 4.48. The van der Waals surface area contributed by atoms with Crippen LogP contribution in [0.25, 0.3) is 0 Å². The van der Waals surface area contributed by atoms with Gasteiger partial charge in [0.05, 0.1) is 19.5 Å². The molecule has 8 heteroatoms. The van der Waals surface area contributed by atoms with Crippen LogP contribution in [-0.2, 0) is 11.2 Å². The first-order valence-corrected chi connectivity index (χ1v) is 12.4. The second kappa shape index (κ2) is 14.4. The van der Waals surface area contributed by atoms with Crippen molar-refractivity contribution in [3.05, 3.63) is 24.2 Å². The molecule has 1 unspecified atom stereocenters. The number of ether oxygens (including phenoxy) is 1. The van der Waals surface area contributed by atoms with Gasteiger partial charge in [-0.25, -0.2) is 0 Å². The zero-order chi connectivity index (χ0) is 21.1. The molecule has 7 nitrogen and oxygen atoms in total. The van der Waals surface area contributed by atoms with Gasteiger partial charge in [0.15, 0.2) is 5.96 Å². The number of hydrogen-bond donors (Lipinski definition) is 2. The molecular weight excluding hydrogens is 517 g/mol. The van der Waals surface area contributed by atoms with E-state index in [9.17, 15) is 0 Å². The van der Waals surface area contributed by atoms with E-state index in [1.54, 1.807) is 6.26 Å². The van der Waals surface area contributed by atoms with Crippen LogP contribution in [0.2, 0.25) is 0 Å². The van der Waals surface area contributed by atoms with E-state index in [4.69, 9.17) is 14.1 Å². The van der Waals surface area contributed by atoms with Gasteiger partial charge in [-0.15, -0.1) is 24.0 Å². The highest BCUT2D eigenvalue weighted by atomic mass is 127. The number of rotatable bonds is 10. The topological polar surface area (TPSA) is 65.3 Å². The molecule has 1 aliphatic carbocycles. The Morgan fingerprint density at radius 1 is 1.09 bits per heavy atom. The summed E-state index contributed by atoms with van der Waals surface area (Å²) in [6.45, 7) is 10.3. The summed E-state index contributed by atoms with van der Waals surface area (Å²) in [4.78, 5) is 10.0. The van der Waals surface area contributed by atoms with Gasteiger partial charge in [-0.1, -0.05) is 12.8 Å². The van der Waals surface area contributed by atoms with Gasteiger partial charge >= 0.3 is 0 Å². The molecule has 2 aliphatic heterocycles. The summed E-state index contributed by atoms with van der Waals surface area (Å²) < 4.78 is 10.9. The SMILES string of the molecule is I.c1coc(CCNC(=NCCCN2CCOCC2)NC2CCN(CC3CCCC3)C2)c1. The zero-order valence-corrected chi connectivity index (χ0v) is 21.8. The van der Waals surface area contributed by atoms with Crippen molar-refractivity contribution >= 4 is 29.9 Å². The van der Waals surface area contributed by atoms with Gasteiger partial charge in [0, 0.05) is 64.8 Å². The van der Waals surface area contributed by atoms with E-state index >= 15 is 0 Å². The lowest BCUT2D eigenvalue weighted by Crippen LogP contribution is -2.45. The summed E-state index contributed by atoms with van der Waals surface area (Å²) in [5, 5.41) is 7.26. The molecule has 0 spiro atoms. The minimum absolute atomic E-state index is 0. The number of hydrogen-bond acceptors (Lipinski definition) is 5. The quantitative estimate of drug-likeness (QED) is 0.199. The van der Waals surface area contributed by atoms with E-state index in [2.05, 4.69) is 20.4 Å². The molecule has 1 atom stereocenters. The molecule has 32 heavy (non-hydrogen) atoms. The average molecular weight is 560 g/mol. The average Bonchev–Trinajstić information content (AvgIpc) is 3.56. The Bertz CT molecular complexity index is 645. The van der Waals surface area contributed by atoms with E-state index in [0.717, 1.165) is 83.0 Å². The molecule has 1 aromatic heterocycles. The van der Waals surface area contributed by atoms with Crippen LogP contribution in [0, 0.1) is 5.92 Å². The Morgan fingerprint density at radius 2 is 1.94 bits per heavy atom. The van der Waals surface area contributed by atoms with E-state index in [0.29, 0.717) is 6.04 Å². The lowest BCUT2D eigenvalue weighted by molar-refractivity contribution is 0.0377. The van der Waals surface area contributed by atoms with Gasteiger partial charge in [-0.05, 0) is 43.7 Å². The van der Waals surface area contributed by atoms with E-state index in [1.807, 2.05) is 12.1 Å². The summed E-state index contributed by atoms with van der Waals surface area (Å²) in [6.07, 6.45) is 10.6. The molecule has 3 heterocycles. The minimum Gasteiger partial charge on any atom is -0.469 e.